The van der Waals surface area contributed by atoms with Gasteiger partial charge in [0.1, 0.15) is 17.1 Å². The third kappa shape index (κ3) is 8.14. The summed E-state index contributed by atoms with van der Waals surface area (Å²) in [5.41, 5.74) is 4.58. The van der Waals surface area contributed by atoms with E-state index >= 15 is 0 Å². The number of fused-ring (bicyclic) bond motifs is 5. The number of amides is 2. The van der Waals surface area contributed by atoms with Crippen molar-refractivity contribution in [2.24, 2.45) is 34.3 Å². The van der Waals surface area contributed by atoms with E-state index in [0.717, 1.165) is 48.7 Å². The van der Waals surface area contributed by atoms with Crippen LogP contribution in [-0.2, 0) is 40.4 Å². The molecule has 7 atom stereocenters. The molecule has 306 valence electrons. The second-order valence-electron chi connectivity index (χ2n) is 18.5. The van der Waals surface area contributed by atoms with Crippen LogP contribution >= 0.6 is 0 Å². The first kappa shape index (κ1) is 40.4. The van der Waals surface area contributed by atoms with Crippen molar-refractivity contribution in [2.75, 3.05) is 13.7 Å². The Hall–Kier alpha value is -3.78. The maximum Gasteiger partial charge on any atom is 0.307 e. The van der Waals surface area contributed by atoms with E-state index in [1.165, 1.54) is 4.90 Å². The Labute approximate surface area is 330 Å². The summed E-state index contributed by atoms with van der Waals surface area (Å²) in [7, 11) is -2.25. The maximum absolute atomic E-state index is 14.9. The number of ether oxygens (including phenoxy) is 3. The van der Waals surface area contributed by atoms with Crippen LogP contribution in [0.2, 0.25) is 0 Å². The van der Waals surface area contributed by atoms with Crippen molar-refractivity contribution in [3.63, 3.8) is 0 Å². The molecule has 4 fully saturated rings. The van der Waals surface area contributed by atoms with Crippen LogP contribution in [-0.4, -0.2) is 78.1 Å². The molecule has 1 saturated heterocycles. The molecule has 2 aromatic rings. The summed E-state index contributed by atoms with van der Waals surface area (Å²) >= 11 is 0. The lowest BCUT2D eigenvalue weighted by atomic mass is 9.77. The van der Waals surface area contributed by atoms with Crippen LogP contribution in [0.3, 0.4) is 0 Å². The van der Waals surface area contributed by atoms with E-state index in [-0.39, 0.29) is 37.6 Å². The lowest BCUT2D eigenvalue weighted by Crippen LogP contribution is -2.51. The zero-order valence-electron chi connectivity index (χ0n) is 33.6. The van der Waals surface area contributed by atoms with Gasteiger partial charge < -0.3 is 19.1 Å². The fraction of sp³-hybridized carbons (Fsp3) is 0.690. The lowest BCUT2D eigenvalue weighted by molar-refractivity contribution is -0.158. The van der Waals surface area contributed by atoms with Crippen molar-refractivity contribution in [3.05, 3.63) is 30.0 Å². The van der Waals surface area contributed by atoms with Crippen LogP contribution in [0.1, 0.15) is 117 Å². The molecular weight excluding hydrogens is 737 g/mol. The van der Waals surface area contributed by atoms with Crippen LogP contribution in [0, 0.1) is 28.6 Å². The number of carbonyl (C=O) groups excluding carboxylic acids is 4. The fourth-order valence-corrected chi connectivity index (χ4v) is 10.5. The molecule has 1 aromatic carbocycles. The Kier molecular flexibility index (Phi) is 10.5. The number of sulfonamides is 1. The molecule has 14 heteroatoms. The summed E-state index contributed by atoms with van der Waals surface area (Å²) in [4.78, 5) is 63.3. The molecule has 3 N–H and O–H groups in total. The number of pyridine rings is 1. The summed E-state index contributed by atoms with van der Waals surface area (Å²) < 4.78 is 46.2. The number of aryl methyl sites for hydroxylation is 1. The molecule has 7 rings (SSSR count). The van der Waals surface area contributed by atoms with E-state index in [0.29, 0.717) is 43.6 Å². The maximum atomic E-state index is 14.9. The second kappa shape index (κ2) is 14.6. The highest BCUT2D eigenvalue weighted by atomic mass is 32.2. The van der Waals surface area contributed by atoms with Crippen LogP contribution in [0.15, 0.2) is 24.3 Å². The van der Waals surface area contributed by atoms with Gasteiger partial charge in [0.05, 0.1) is 53.9 Å². The van der Waals surface area contributed by atoms with Gasteiger partial charge in [0.2, 0.25) is 21.8 Å². The summed E-state index contributed by atoms with van der Waals surface area (Å²) in [6.07, 6.45) is 6.47. The highest BCUT2D eigenvalue weighted by molar-refractivity contribution is 7.90. The van der Waals surface area contributed by atoms with Crippen LogP contribution in [0.4, 0.5) is 0 Å². The number of nitrogens with two attached hydrogens (primary N) is 1. The van der Waals surface area contributed by atoms with Gasteiger partial charge in [0.25, 0.3) is 0 Å². The summed E-state index contributed by atoms with van der Waals surface area (Å²) in [6, 6.07) is 6.40. The SMILES string of the molecule is CC[C@@H]1C[C@]1(CC(=O)[C@@H]1C[C@]2(N)CN1C(=O)[C@H](C(C)(C)C)CC(=O)O[C@]1(C)C[C@H]1CCCCCc1nc3ccc(OC)cc3cc1O2)C(=O)NS(=O)(=O)C1CC1. The number of rotatable bonds is 8. The van der Waals surface area contributed by atoms with Gasteiger partial charge in [-0.05, 0) is 87.5 Å². The molecule has 0 radical (unpaired) electrons. The Balaban J connectivity index is 1.25. The van der Waals surface area contributed by atoms with E-state index in [1.807, 2.05) is 58.9 Å². The Morgan fingerprint density at radius 3 is 2.46 bits per heavy atom. The Morgan fingerprint density at radius 1 is 1.05 bits per heavy atom. The van der Waals surface area contributed by atoms with Crippen molar-refractivity contribution in [3.8, 4) is 11.5 Å². The number of hydrogen-bond donors (Lipinski definition) is 2. The molecule has 56 heavy (non-hydrogen) atoms. The summed E-state index contributed by atoms with van der Waals surface area (Å²) in [5, 5.41) is 0.180. The standard InChI is InChI=1S/C42H58N4O9S/c1-7-26-21-41(26,38(50)45-56(51,52)29-14-15-29)23-34(47)33-22-42(43)24-46(33)37(49)30(39(2,3)4)19-36(48)55-40(5)20-27(40)11-9-8-10-12-32-35(54-42)18-25-17-28(53-6)13-16-31(25)44-32/h13,16-18,26-27,29-30,33H,7-12,14-15,19-24,43H2,1-6H3,(H,45,50)/t26-,27-,30-,33+,40-,41-,42-/m1/s1. The van der Waals surface area contributed by atoms with Gasteiger partial charge in [-0.1, -0.05) is 47.0 Å². The second-order valence-corrected chi connectivity index (χ2v) is 20.5. The van der Waals surface area contributed by atoms with Gasteiger partial charge in [-0.3, -0.25) is 29.6 Å². The number of nitrogens with zero attached hydrogens (tertiary/aromatic N) is 2. The Bertz CT molecular complexity index is 2030. The number of methoxy groups -OCH3 is 1. The average Bonchev–Trinajstić information content (AvgIpc) is 4.06. The summed E-state index contributed by atoms with van der Waals surface area (Å²) in [5.74, 6) is -1.66. The lowest BCUT2D eigenvalue weighted by Gasteiger charge is -2.35. The Morgan fingerprint density at radius 2 is 1.80 bits per heavy atom. The zero-order valence-corrected chi connectivity index (χ0v) is 34.5. The fourth-order valence-electron chi connectivity index (χ4n) is 9.15. The van der Waals surface area contributed by atoms with Gasteiger partial charge >= 0.3 is 5.97 Å². The van der Waals surface area contributed by atoms with E-state index in [4.69, 9.17) is 24.9 Å². The molecule has 3 aliphatic carbocycles. The highest BCUT2D eigenvalue weighted by Gasteiger charge is 2.62. The van der Waals surface area contributed by atoms with Crippen molar-refractivity contribution in [1.82, 2.24) is 14.6 Å². The molecule has 3 heterocycles. The molecule has 2 amide bonds. The predicted octanol–water partition coefficient (Wildman–Crippen LogP) is 5.35. The molecule has 0 unspecified atom stereocenters. The smallest absolute Gasteiger partial charge is 0.307 e. The third-order valence-corrected chi connectivity index (χ3v) is 14.9. The minimum absolute atomic E-state index is 0.0803. The van der Waals surface area contributed by atoms with E-state index in [1.54, 1.807) is 7.11 Å². The first-order valence-corrected chi connectivity index (χ1v) is 21.9. The van der Waals surface area contributed by atoms with E-state index in [2.05, 4.69) is 4.72 Å². The van der Waals surface area contributed by atoms with Crippen LogP contribution in [0.25, 0.3) is 10.9 Å². The first-order chi connectivity index (χ1) is 26.3. The monoisotopic (exact) mass is 794 g/mol. The van der Waals surface area contributed by atoms with Crippen molar-refractivity contribution >= 4 is 44.5 Å². The minimum Gasteiger partial charge on any atom is -0.497 e. The normalized spacial score (nSPS) is 32.6. The number of ketones is 1. The van der Waals surface area contributed by atoms with Crippen molar-refractivity contribution < 1.29 is 41.8 Å². The van der Waals surface area contributed by atoms with Gasteiger partial charge in [-0.15, -0.1) is 0 Å². The quantitative estimate of drug-likeness (QED) is 0.329. The molecular formula is C42H58N4O9S. The van der Waals surface area contributed by atoms with Gasteiger partial charge in [-0.25, -0.2) is 13.4 Å². The highest BCUT2D eigenvalue weighted by Crippen LogP contribution is 2.58. The van der Waals surface area contributed by atoms with Crippen molar-refractivity contribution in [1.29, 1.82) is 0 Å². The number of benzene rings is 1. The average molecular weight is 795 g/mol. The molecule has 13 nitrogen and oxygen atoms in total. The van der Waals surface area contributed by atoms with E-state index in [9.17, 15) is 27.6 Å². The van der Waals surface area contributed by atoms with Gasteiger partial charge in [0, 0.05) is 24.1 Å². The van der Waals surface area contributed by atoms with E-state index < -0.39 is 73.0 Å². The predicted molar refractivity (Wildman–Crippen MR) is 209 cm³/mol. The number of hydrogen-bond acceptors (Lipinski definition) is 11. The first-order valence-electron chi connectivity index (χ1n) is 20.4. The van der Waals surface area contributed by atoms with Crippen molar-refractivity contribution in [2.45, 2.75) is 141 Å². The molecule has 1 aromatic heterocycles. The topological polar surface area (TPSA) is 184 Å². The minimum atomic E-state index is -3.84. The number of aromatic nitrogens is 1. The molecule has 2 aliphatic heterocycles. The molecule has 0 spiro atoms. The van der Waals surface area contributed by atoms with Crippen LogP contribution < -0.4 is 19.9 Å². The van der Waals surface area contributed by atoms with Gasteiger partial charge in [-0.2, -0.15) is 0 Å². The largest absolute Gasteiger partial charge is 0.497 e. The third-order valence-electron chi connectivity index (χ3n) is 13.1. The number of carbonyl (C=O) groups is 4. The number of Topliss-reactive ketones (excluding diaryl/α,β-unsaturated/α-hetero) is 1. The number of esters is 1. The van der Waals surface area contributed by atoms with Crippen LogP contribution in [0.5, 0.6) is 11.5 Å². The summed E-state index contributed by atoms with van der Waals surface area (Å²) in [6.45, 7) is 9.35. The zero-order chi connectivity index (χ0) is 40.4. The molecule has 2 bridgehead atoms. The molecule has 3 saturated carbocycles. The number of nitrogens with one attached hydrogen (secondary N) is 1. The van der Waals surface area contributed by atoms with Gasteiger partial charge in [0.15, 0.2) is 11.5 Å². The molecule has 5 aliphatic rings.